The van der Waals surface area contributed by atoms with Crippen LogP contribution in [0.25, 0.3) is 10.9 Å². The molecule has 4 rings (SSSR count). The van der Waals surface area contributed by atoms with Gasteiger partial charge in [-0.15, -0.1) is 24.0 Å². The Morgan fingerprint density at radius 3 is 2.87 bits per heavy atom. The summed E-state index contributed by atoms with van der Waals surface area (Å²) in [7, 11) is 1.87. The van der Waals surface area contributed by atoms with Gasteiger partial charge in [0.15, 0.2) is 5.96 Å². The molecule has 1 atom stereocenters. The van der Waals surface area contributed by atoms with Crippen LogP contribution in [0, 0.1) is 6.92 Å². The van der Waals surface area contributed by atoms with E-state index in [4.69, 9.17) is 9.47 Å². The summed E-state index contributed by atoms with van der Waals surface area (Å²) in [6.45, 7) is 6.65. The van der Waals surface area contributed by atoms with Crippen molar-refractivity contribution in [3.63, 3.8) is 0 Å². The van der Waals surface area contributed by atoms with Gasteiger partial charge in [0.1, 0.15) is 0 Å². The van der Waals surface area contributed by atoms with Crippen LogP contribution in [0.3, 0.4) is 0 Å². The third kappa shape index (κ3) is 5.68. The first-order valence-electron chi connectivity index (χ1n) is 11.0. The predicted octanol–water partition coefficient (Wildman–Crippen LogP) is 3.87. The second kappa shape index (κ2) is 11.3. The number of ether oxygens (including phenoxy) is 2. The Morgan fingerprint density at radius 1 is 1.30 bits per heavy atom. The zero-order valence-corrected chi connectivity index (χ0v) is 20.5. The van der Waals surface area contributed by atoms with Crippen LogP contribution in [0.1, 0.15) is 36.8 Å². The number of aromatic amines is 1. The molecule has 6 nitrogen and oxygen atoms in total. The number of H-pyrrole nitrogens is 1. The van der Waals surface area contributed by atoms with E-state index in [9.17, 15) is 0 Å². The van der Waals surface area contributed by atoms with E-state index in [0.717, 1.165) is 64.5 Å². The molecule has 2 fully saturated rings. The molecule has 1 aromatic carbocycles. The Balaban J connectivity index is 0.00000256. The third-order valence-electron chi connectivity index (χ3n) is 6.18. The fourth-order valence-electron chi connectivity index (χ4n) is 4.47. The molecule has 30 heavy (non-hydrogen) atoms. The van der Waals surface area contributed by atoms with Crippen molar-refractivity contribution in [3.8, 4) is 0 Å². The minimum Gasteiger partial charge on any atom is -0.376 e. The Bertz CT molecular complexity index is 824. The van der Waals surface area contributed by atoms with Gasteiger partial charge in [-0.1, -0.05) is 18.2 Å². The Morgan fingerprint density at radius 2 is 2.13 bits per heavy atom. The normalized spacial score (nSPS) is 20.5. The van der Waals surface area contributed by atoms with E-state index in [0.29, 0.717) is 12.2 Å². The number of hydrogen-bond acceptors (Lipinski definition) is 3. The molecule has 2 saturated heterocycles. The number of rotatable bonds is 6. The van der Waals surface area contributed by atoms with Crippen molar-refractivity contribution in [3.05, 3.63) is 35.5 Å². The van der Waals surface area contributed by atoms with Crippen molar-refractivity contribution in [2.45, 2.75) is 51.2 Å². The first-order chi connectivity index (χ1) is 14.2. The molecule has 2 aromatic rings. The molecule has 166 valence electrons. The number of aryl methyl sites for hydroxylation is 1. The highest BCUT2D eigenvalue weighted by Gasteiger charge is 2.24. The molecule has 2 aliphatic rings. The van der Waals surface area contributed by atoms with E-state index < -0.39 is 0 Å². The lowest BCUT2D eigenvalue weighted by atomic mass is 10.1. The van der Waals surface area contributed by atoms with Gasteiger partial charge in [-0.3, -0.25) is 4.99 Å². The largest absolute Gasteiger partial charge is 0.376 e. The molecule has 0 radical (unpaired) electrons. The van der Waals surface area contributed by atoms with Gasteiger partial charge in [0.05, 0.1) is 18.8 Å². The third-order valence-corrected chi connectivity index (χ3v) is 6.18. The van der Waals surface area contributed by atoms with Gasteiger partial charge in [0.25, 0.3) is 0 Å². The average Bonchev–Trinajstić information content (AvgIpc) is 3.41. The van der Waals surface area contributed by atoms with Gasteiger partial charge < -0.3 is 24.7 Å². The lowest BCUT2D eigenvalue weighted by Crippen LogP contribution is -2.47. The molecular formula is C23H35IN4O2. The summed E-state index contributed by atoms with van der Waals surface area (Å²) in [5.41, 5.74) is 3.90. The summed E-state index contributed by atoms with van der Waals surface area (Å²) in [6.07, 6.45) is 8.20. The highest BCUT2D eigenvalue weighted by atomic mass is 127. The van der Waals surface area contributed by atoms with E-state index >= 15 is 0 Å². The van der Waals surface area contributed by atoms with E-state index in [2.05, 4.69) is 51.5 Å². The summed E-state index contributed by atoms with van der Waals surface area (Å²) in [5.74, 6) is 0.999. The van der Waals surface area contributed by atoms with Crippen LogP contribution in [-0.4, -0.2) is 67.9 Å². The number of aromatic nitrogens is 1. The van der Waals surface area contributed by atoms with Gasteiger partial charge in [0, 0.05) is 50.4 Å². The van der Waals surface area contributed by atoms with Crippen LogP contribution in [-0.2, 0) is 15.9 Å². The lowest BCUT2D eigenvalue weighted by molar-refractivity contribution is -0.0367. The van der Waals surface area contributed by atoms with Gasteiger partial charge in [0.2, 0.25) is 0 Å². The number of hydrogen-bond donors (Lipinski definition) is 2. The molecule has 2 aliphatic heterocycles. The van der Waals surface area contributed by atoms with E-state index in [1.54, 1.807) is 0 Å². The Kier molecular flexibility index (Phi) is 8.83. The number of likely N-dealkylation sites (tertiary alicyclic amines) is 1. The molecule has 2 N–H and O–H groups in total. The lowest BCUT2D eigenvalue weighted by Gasteiger charge is -2.34. The zero-order valence-electron chi connectivity index (χ0n) is 18.2. The van der Waals surface area contributed by atoms with E-state index in [1.807, 2.05) is 7.05 Å². The van der Waals surface area contributed by atoms with Crippen LogP contribution in [0.5, 0.6) is 0 Å². The van der Waals surface area contributed by atoms with Gasteiger partial charge >= 0.3 is 0 Å². The summed E-state index contributed by atoms with van der Waals surface area (Å²) in [4.78, 5) is 10.3. The first kappa shape index (κ1) is 23.3. The number of guanidine groups is 1. The summed E-state index contributed by atoms with van der Waals surface area (Å²) in [5, 5.41) is 4.87. The quantitative estimate of drug-likeness (QED) is 0.341. The van der Waals surface area contributed by atoms with E-state index in [1.165, 1.54) is 28.5 Å². The summed E-state index contributed by atoms with van der Waals surface area (Å²) < 4.78 is 11.8. The molecule has 3 heterocycles. The number of nitrogens with zero attached hydrogens (tertiary/aromatic N) is 2. The Labute approximate surface area is 196 Å². The fourth-order valence-corrected chi connectivity index (χ4v) is 4.47. The maximum absolute atomic E-state index is 6.09. The van der Waals surface area contributed by atoms with Crippen molar-refractivity contribution >= 4 is 40.8 Å². The average molecular weight is 526 g/mol. The molecule has 0 amide bonds. The van der Waals surface area contributed by atoms with Gasteiger partial charge in [-0.25, -0.2) is 0 Å². The van der Waals surface area contributed by atoms with Crippen molar-refractivity contribution in [2.75, 3.05) is 39.9 Å². The summed E-state index contributed by atoms with van der Waals surface area (Å²) in [6, 6.07) is 6.48. The minimum atomic E-state index is 0. The topological polar surface area (TPSA) is 61.9 Å². The standard InChI is InChI=1S/C23H34N4O2.HI/c1-17-5-3-7-21-18(15-26-22(17)21)8-11-25-23(24-2)27-12-9-19(10-13-27)29-16-20-6-4-14-28-20;/h3,5,7,15,19-20,26H,4,6,8-14,16H2,1-2H3,(H,24,25);1H. The van der Waals surface area contributed by atoms with Crippen LogP contribution >= 0.6 is 24.0 Å². The van der Waals surface area contributed by atoms with Crippen LogP contribution in [0.15, 0.2) is 29.4 Å². The second-order valence-corrected chi connectivity index (χ2v) is 8.19. The highest BCUT2D eigenvalue weighted by molar-refractivity contribution is 14.0. The fraction of sp³-hybridized carbons (Fsp3) is 0.609. The monoisotopic (exact) mass is 526 g/mol. The SMILES string of the molecule is CN=C(NCCc1c[nH]c2c(C)cccc12)N1CCC(OCC2CCCO2)CC1.I. The maximum atomic E-state index is 6.09. The van der Waals surface area contributed by atoms with E-state index in [-0.39, 0.29) is 24.0 Å². The first-order valence-corrected chi connectivity index (χ1v) is 11.0. The molecule has 0 spiro atoms. The number of nitrogens with one attached hydrogen (secondary N) is 2. The van der Waals surface area contributed by atoms with Crippen molar-refractivity contribution < 1.29 is 9.47 Å². The van der Waals surface area contributed by atoms with Crippen LogP contribution in [0.4, 0.5) is 0 Å². The number of fused-ring (bicyclic) bond motifs is 1. The molecule has 7 heteroatoms. The van der Waals surface area contributed by atoms with Crippen molar-refractivity contribution in [2.24, 2.45) is 4.99 Å². The smallest absolute Gasteiger partial charge is 0.193 e. The number of aliphatic imine (C=N–C) groups is 1. The highest BCUT2D eigenvalue weighted by Crippen LogP contribution is 2.21. The number of para-hydroxylation sites is 1. The molecule has 1 aromatic heterocycles. The molecule has 0 aliphatic carbocycles. The van der Waals surface area contributed by atoms with Crippen molar-refractivity contribution in [1.29, 1.82) is 0 Å². The van der Waals surface area contributed by atoms with Crippen LogP contribution < -0.4 is 5.32 Å². The van der Waals surface area contributed by atoms with Gasteiger partial charge in [-0.05, 0) is 50.2 Å². The molecular weight excluding hydrogens is 491 g/mol. The van der Waals surface area contributed by atoms with Crippen LogP contribution in [0.2, 0.25) is 0 Å². The zero-order chi connectivity index (χ0) is 20.1. The van der Waals surface area contributed by atoms with Crippen molar-refractivity contribution in [1.82, 2.24) is 15.2 Å². The maximum Gasteiger partial charge on any atom is 0.193 e. The number of piperidine rings is 1. The molecule has 0 saturated carbocycles. The number of halogens is 1. The number of benzene rings is 1. The molecule has 1 unspecified atom stereocenters. The predicted molar refractivity (Wildman–Crippen MR) is 133 cm³/mol. The van der Waals surface area contributed by atoms with Gasteiger partial charge in [-0.2, -0.15) is 0 Å². The Hall–Kier alpha value is -1.32. The second-order valence-electron chi connectivity index (χ2n) is 8.19. The molecule has 0 bridgehead atoms. The minimum absolute atomic E-state index is 0. The summed E-state index contributed by atoms with van der Waals surface area (Å²) >= 11 is 0.